The van der Waals surface area contributed by atoms with Crippen LogP contribution in [-0.4, -0.2) is 34.0 Å². The van der Waals surface area contributed by atoms with E-state index in [0.717, 1.165) is 32.3 Å². The first kappa shape index (κ1) is 24.3. The number of anilines is 1. The van der Waals surface area contributed by atoms with E-state index < -0.39 is 15.9 Å². The van der Waals surface area contributed by atoms with Gasteiger partial charge in [-0.2, -0.15) is 0 Å². The van der Waals surface area contributed by atoms with Crippen molar-refractivity contribution in [1.29, 1.82) is 0 Å². The van der Waals surface area contributed by atoms with Gasteiger partial charge in [-0.1, -0.05) is 35.9 Å². The molecule has 0 aliphatic carbocycles. The summed E-state index contributed by atoms with van der Waals surface area (Å²) in [5.74, 6) is 0.320. The molecular formula is C26H30N2O4S. The molecule has 1 N–H and O–H groups in total. The number of carbonyl (C=O) groups is 1. The molecule has 7 heteroatoms. The SMILES string of the molecule is Cc1ccc(S(=O)(=O)N(CC(=O)NCCOc2cccc(C)c2)c2cc(C)cc(C)c2)cc1. The van der Waals surface area contributed by atoms with E-state index in [1.165, 1.54) is 0 Å². The molecular weight excluding hydrogens is 436 g/mol. The molecule has 0 aliphatic rings. The molecule has 174 valence electrons. The summed E-state index contributed by atoms with van der Waals surface area (Å²) in [6, 6.07) is 19.8. The lowest BCUT2D eigenvalue weighted by Gasteiger charge is -2.25. The fourth-order valence-corrected chi connectivity index (χ4v) is 4.90. The molecule has 3 rings (SSSR count). The van der Waals surface area contributed by atoms with Crippen LogP contribution in [0.5, 0.6) is 5.75 Å². The third-order valence-corrected chi connectivity index (χ3v) is 6.86. The van der Waals surface area contributed by atoms with Crippen LogP contribution in [0.25, 0.3) is 0 Å². The van der Waals surface area contributed by atoms with E-state index in [4.69, 9.17) is 4.74 Å². The van der Waals surface area contributed by atoms with Gasteiger partial charge in [0.2, 0.25) is 5.91 Å². The largest absolute Gasteiger partial charge is 0.492 e. The summed E-state index contributed by atoms with van der Waals surface area (Å²) in [5, 5.41) is 2.76. The maximum Gasteiger partial charge on any atom is 0.264 e. The predicted octanol–water partition coefficient (Wildman–Crippen LogP) is 4.31. The highest BCUT2D eigenvalue weighted by atomic mass is 32.2. The molecule has 0 fully saturated rings. The minimum Gasteiger partial charge on any atom is -0.492 e. The summed E-state index contributed by atoms with van der Waals surface area (Å²) < 4.78 is 33.8. The van der Waals surface area contributed by atoms with Crippen molar-refractivity contribution in [2.45, 2.75) is 32.6 Å². The molecule has 0 saturated heterocycles. The van der Waals surface area contributed by atoms with Gasteiger partial charge < -0.3 is 10.1 Å². The van der Waals surface area contributed by atoms with Crippen LogP contribution in [0.1, 0.15) is 22.3 Å². The normalized spacial score (nSPS) is 11.2. The van der Waals surface area contributed by atoms with E-state index in [2.05, 4.69) is 5.32 Å². The second-order valence-corrected chi connectivity index (χ2v) is 10.0. The van der Waals surface area contributed by atoms with Crippen molar-refractivity contribution < 1.29 is 17.9 Å². The predicted molar refractivity (Wildman–Crippen MR) is 131 cm³/mol. The molecule has 0 aliphatic heterocycles. The number of carbonyl (C=O) groups excluding carboxylic acids is 1. The molecule has 0 heterocycles. The number of aryl methyl sites for hydroxylation is 4. The van der Waals surface area contributed by atoms with Gasteiger partial charge in [0.15, 0.2) is 0 Å². The number of benzene rings is 3. The van der Waals surface area contributed by atoms with Crippen LogP contribution in [0.2, 0.25) is 0 Å². The van der Waals surface area contributed by atoms with Crippen molar-refractivity contribution in [3.63, 3.8) is 0 Å². The van der Waals surface area contributed by atoms with Gasteiger partial charge in [0.05, 0.1) is 17.1 Å². The van der Waals surface area contributed by atoms with Gasteiger partial charge in [0.1, 0.15) is 18.9 Å². The van der Waals surface area contributed by atoms with Crippen LogP contribution in [0.3, 0.4) is 0 Å². The van der Waals surface area contributed by atoms with Crippen LogP contribution in [0, 0.1) is 27.7 Å². The van der Waals surface area contributed by atoms with E-state index >= 15 is 0 Å². The van der Waals surface area contributed by atoms with Crippen molar-refractivity contribution >= 4 is 21.6 Å². The highest BCUT2D eigenvalue weighted by Gasteiger charge is 2.27. The Balaban J connectivity index is 1.75. The van der Waals surface area contributed by atoms with Crippen LogP contribution in [-0.2, 0) is 14.8 Å². The number of sulfonamides is 1. The quantitative estimate of drug-likeness (QED) is 0.477. The average molecular weight is 467 g/mol. The summed E-state index contributed by atoms with van der Waals surface area (Å²) in [5.41, 5.74) is 4.33. The third-order valence-electron chi connectivity index (χ3n) is 5.07. The molecule has 6 nitrogen and oxygen atoms in total. The minimum atomic E-state index is -3.94. The Morgan fingerprint density at radius 2 is 1.52 bits per heavy atom. The van der Waals surface area contributed by atoms with Crippen molar-refractivity contribution in [1.82, 2.24) is 5.32 Å². The zero-order valence-corrected chi connectivity index (χ0v) is 20.3. The van der Waals surface area contributed by atoms with Crippen molar-refractivity contribution in [2.75, 3.05) is 24.0 Å². The first-order valence-corrected chi connectivity index (χ1v) is 12.2. The molecule has 0 bridgehead atoms. The highest BCUT2D eigenvalue weighted by molar-refractivity contribution is 7.92. The molecule has 33 heavy (non-hydrogen) atoms. The van der Waals surface area contributed by atoms with Crippen LogP contribution < -0.4 is 14.4 Å². The number of ether oxygens (including phenoxy) is 1. The standard InChI is InChI=1S/C26H30N2O4S/c1-19-8-10-25(11-9-19)33(30,31)28(23-15-21(3)14-22(4)16-23)18-26(29)27-12-13-32-24-7-5-6-20(2)17-24/h5-11,14-17H,12-13,18H2,1-4H3,(H,27,29). The first-order valence-electron chi connectivity index (χ1n) is 10.8. The second kappa shape index (κ2) is 10.5. The van der Waals surface area contributed by atoms with Crippen molar-refractivity contribution in [3.05, 3.63) is 89.0 Å². The molecule has 0 spiro atoms. The van der Waals surface area contributed by atoms with E-state index in [1.54, 1.807) is 36.4 Å². The van der Waals surface area contributed by atoms with Gasteiger partial charge in [-0.3, -0.25) is 9.10 Å². The Morgan fingerprint density at radius 3 is 2.15 bits per heavy atom. The average Bonchev–Trinajstić information content (AvgIpc) is 2.74. The Bertz CT molecular complexity index is 1200. The summed E-state index contributed by atoms with van der Waals surface area (Å²) in [6.45, 7) is 7.88. The lowest BCUT2D eigenvalue weighted by molar-refractivity contribution is -0.119. The van der Waals surface area contributed by atoms with Crippen LogP contribution in [0.4, 0.5) is 5.69 Å². The van der Waals surface area contributed by atoms with E-state index in [9.17, 15) is 13.2 Å². The van der Waals surface area contributed by atoms with Gasteiger partial charge >= 0.3 is 0 Å². The molecule has 3 aromatic carbocycles. The van der Waals surface area contributed by atoms with Gasteiger partial charge in [-0.15, -0.1) is 0 Å². The van der Waals surface area contributed by atoms with Crippen LogP contribution >= 0.6 is 0 Å². The van der Waals surface area contributed by atoms with Crippen LogP contribution in [0.15, 0.2) is 71.6 Å². The van der Waals surface area contributed by atoms with E-state index in [0.29, 0.717) is 5.69 Å². The van der Waals surface area contributed by atoms with Gasteiger partial charge in [0.25, 0.3) is 10.0 Å². The Kier molecular flexibility index (Phi) is 7.76. The Morgan fingerprint density at radius 1 is 0.848 bits per heavy atom. The fraction of sp³-hybridized carbons (Fsp3) is 0.269. The molecule has 0 radical (unpaired) electrons. The first-order chi connectivity index (χ1) is 15.6. The summed E-state index contributed by atoms with van der Waals surface area (Å²) >= 11 is 0. The fourth-order valence-electron chi connectivity index (χ4n) is 3.50. The third kappa shape index (κ3) is 6.58. The molecule has 0 aromatic heterocycles. The smallest absolute Gasteiger partial charge is 0.264 e. The number of nitrogens with one attached hydrogen (secondary N) is 1. The minimum absolute atomic E-state index is 0.142. The number of hydrogen-bond donors (Lipinski definition) is 1. The number of amides is 1. The maximum atomic E-state index is 13.5. The summed E-state index contributed by atoms with van der Waals surface area (Å²) in [7, 11) is -3.94. The van der Waals surface area contributed by atoms with Crippen molar-refractivity contribution in [3.8, 4) is 5.75 Å². The van der Waals surface area contributed by atoms with Crippen molar-refractivity contribution in [2.24, 2.45) is 0 Å². The molecule has 3 aromatic rings. The lowest BCUT2D eigenvalue weighted by atomic mass is 10.1. The molecule has 0 saturated carbocycles. The molecule has 1 amide bonds. The maximum absolute atomic E-state index is 13.5. The Hall–Kier alpha value is -3.32. The topological polar surface area (TPSA) is 75.7 Å². The van der Waals surface area contributed by atoms with Gasteiger partial charge in [0, 0.05) is 0 Å². The van der Waals surface area contributed by atoms with Gasteiger partial charge in [-0.05, 0) is 80.8 Å². The summed E-state index contributed by atoms with van der Waals surface area (Å²) in [6.07, 6.45) is 0. The monoisotopic (exact) mass is 466 g/mol. The number of nitrogens with zero attached hydrogens (tertiary/aromatic N) is 1. The number of rotatable bonds is 9. The second-order valence-electron chi connectivity index (χ2n) is 8.19. The molecule has 0 atom stereocenters. The zero-order chi connectivity index (χ0) is 24.0. The molecule has 0 unspecified atom stereocenters. The van der Waals surface area contributed by atoms with E-state index in [-0.39, 0.29) is 24.6 Å². The Labute approximate surface area is 196 Å². The summed E-state index contributed by atoms with van der Waals surface area (Å²) in [4.78, 5) is 12.9. The lowest BCUT2D eigenvalue weighted by Crippen LogP contribution is -2.42. The van der Waals surface area contributed by atoms with Gasteiger partial charge in [-0.25, -0.2) is 8.42 Å². The number of hydrogen-bond acceptors (Lipinski definition) is 4. The zero-order valence-electron chi connectivity index (χ0n) is 19.5. The highest BCUT2D eigenvalue weighted by Crippen LogP contribution is 2.26. The van der Waals surface area contributed by atoms with E-state index in [1.807, 2.05) is 58.0 Å².